The van der Waals surface area contributed by atoms with Crippen molar-refractivity contribution < 1.29 is 19.0 Å². The number of ketones is 1. The third-order valence-corrected chi connectivity index (χ3v) is 6.63. The van der Waals surface area contributed by atoms with E-state index < -0.39 is 6.10 Å². The van der Waals surface area contributed by atoms with Crippen LogP contribution in [0.3, 0.4) is 0 Å². The van der Waals surface area contributed by atoms with E-state index in [9.17, 15) is 4.79 Å². The van der Waals surface area contributed by atoms with E-state index in [0.717, 1.165) is 16.7 Å². The molecule has 1 N–H and O–H groups in total. The molecular weight excluding hydrogens is 518 g/mol. The summed E-state index contributed by atoms with van der Waals surface area (Å²) < 4.78 is 22.5. The number of Topliss-reactive ketones (excluding diaryl/α,β-unsaturated/α-hetero) is 1. The number of nitrogens with zero attached hydrogens (tertiary/aromatic N) is 6. The maximum absolute atomic E-state index is 11.7. The zero-order valence-corrected chi connectivity index (χ0v) is 23.5. The van der Waals surface area contributed by atoms with Crippen molar-refractivity contribution in [3.8, 4) is 28.6 Å². The van der Waals surface area contributed by atoms with Crippen molar-refractivity contribution in [3.05, 3.63) is 66.0 Å². The molecule has 4 aromatic rings. The smallest absolute Gasteiger partial charge is 0.239 e. The van der Waals surface area contributed by atoms with Crippen molar-refractivity contribution in [1.29, 1.82) is 0 Å². The highest BCUT2D eigenvalue weighted by atomic mass is 32.2. The molecule has 0 saturated carbocycles. The van der Waals surface area contributed by atoms with Gasteiger partial charge in [0.2, 0.25) is 5.95 Å². The van der Waals surface area contributed by atoms with Crippen molar-refractivity contribution in [3.63, 3.8) is 0 Å². The second-order valence-corrected chi connectivity index (χ2v) is 10.1. The second-order valence-electron chi connectivity index (χ2n) is 8.92. The quantitative estimate of drug-likeness (QED) is 0.250. The Morgan fingerprint density at radius 1 is 1.03 bits per heavy atom. The lowest BCUT2D eigenvalue weighted by molar-refractivity contribution is -0.123. The van der Waals surface area contributed by atoms with E-state index in [2.05, 4.69) is 29.9 Å². The fourth-order valence-electron chi connectivity index (χ4n) is 3.86. The summed E-state index contributed by atoms with van der Waals surface area (Å²) in [6.45, 7) is 7.27. The molecule has 204 valence electrons. The molecule has 4 rings (SSSR count). The minimum atomic E-state index is -0.551. The summed E-state index contributed by atoms with van der Waals surface area (Å²) >= 11 is 1.35. The van der Waals surface area contributed by atoms with Gasteiger partial charge in [0.1, 0.15) is 29.9 Å². The number of carbonyl (C=O) groups excluding carboxylic acids is 1. The Balaban J connectivity index is 1.72. The van der Waals surface area contributed by atoms with Gasteiger partial charge in [-0.15, -0.1) is 10.2 Å². The van der Waals surface area contributed by atoms with Crippen molar-refractivity contribution in [2.45, 2.75) is 39.0 Å². The largest absolute Gasteiger partial charge is 0.494 e. The molecule has 0 saturated heterocycles. The fourth-order valence-corrected chi connectivity index (χ4v) is 4.61. The number of benzene rings is 1. The third kappa shape index (κ3) is 6.52. The predicted molar refractivity (Wildman–Crippen MR) is 149 cm³/mol. The number of hydrogen-bond acceptors (Lipinski definition) is 11. The monoisotopic (exact) mass is 549 g/mol. The molecule has 0 amide bonds. The number of anilines is 1. The highest BCUT2D eigenvalue weighted by Gasteiger charge is 2.27. The Morgan fingerprint density at radius 2 is 1.72 bits per heavy atom. The van der Waals surface area contributed by atoms with E-state index in [0.29, 0.717) is 34.8 Å². The fraction of sp³-hybridized carbons (Fsp3) is 0.333. The molecule has 0 aliphatic heterocycles. The van der Waals surface area contributed by atoms with Gasteiger partial charge in [-0.2, -0.15) is 0 Å². The van der Waals surface area contributed by atoms with E-state index in [-0.39, 0.29) is 17.6 Å². The normalized spacial score (nSPS) is 12.6. The molecule has 0 radical (unpaired) electrons. The Morgan fingerprint density at radius 3 is 2.33 bits per heavy atom. The number of aryl methyl sites for hydroxylation is 2. The average Bonchev–Trinajstić information content (AvgIpc) is 3.35. The first-order valence-electron chi connectivity index (χ1n) is 12.2. The number of nitrogens with one attached hydrogen (secondary N) is 1. The molecule has 0 aliphatic rings. The molecule has 39 heavy (non-hydrogen) atoms. The lowest BCUT2D eigenvalue weighted by Crippen LogP contribution is -2.22. The van der Waals surface area contributed by atoms with E-state index in [1.807, 2.05) is 49.6 Å². The van der Waals surface area contributed by atoms with Crippen LogP contribution in [0.15, 0.2) is 49.1 Å². The van der Waals surface area contributed by atoms with Gasteiger partial charge in [0.25, 0.3) is 0 Å². The van der Waals surface area contributed by atoms with Crippen molar-refractivity contribution >= 4 is 23.7 Å². The number of para-hydroxylation sites is 1. The second kappa shape index (κ2) is 12.7. The zero-order valence-electron chi connectivity index (χ0n) is 22.7. The molecule has 0 aliphatic carbocycles. The van der Waals surface area contributed by atoms with Crippen LogP contribution in [0.2, 0.25) is 0 Å². The summed E-state index contributed by atoms with van der Waals surface area (Å²) in [7, 11) is 3.19. The summed E-state index contributed by atoms with van der Waals surface area (Å²) in [6.07, 6.45) is 6.41. The topological polar surface area (TPSA) is 126 Å². The number of methoxy groups -OCH3 is 2. The summed E-state index contributed by atoms with van der Waals surface area (Å²) in [6, 6.07) is 7.52. The van der Waals surface area contributed by atoms with Crippen LogP contribution in [0.5, 0.6) is 11.5 Å². The SMILES string of the molecule is COc1cccc(OC)c1-n1c(NSC(C)C(OCC(C)=O)c2ncc(C)cn2)nnc1-c1cncc(C)c1. The summed E-state index contributed by atoms with van der Waals surface area (Å²) in [5.74, 6) is 2.54. The number of hydrogen-bond donors (Lipinski definition) is 1. The maximum atomic E-state index is 11.7. The molecule has 2 atom stereocenters. The van der Waals surface area contributed by atoms with E-state index in [4.69, 9.17) is 14.2 Å². The molecule has 2 unspecified atom stereocenters. The first-order valence-corrected chi connectivity index (χ1v) is 13.1. The number of rotatable bonds is 12. The lowest BCUT2D eigenvalue weighted by atomic mass is 10.2. The van der Waals surface area contributed by atoms with Crippen LogP contribution in [0.25, 0.3) is 17.1 Å². The summed E-state index contributed by atoms with van der Waals surface area (Å²) in [5.41, 5.74) is 3.32. The van der Waals surface area contributed by atoms with E-state index in [1.165, 1.54) is 18.9 Å². The van der Waals surface area contributed by atoms with E-state index in [1.54, 1.807) is 39.0 Å². The Labute approximate surface area is 231 Å². The van der Waals surface area contributed by atoms with Crippen LogP contribution in [0, 0.1) is 13.8 Å². The van der Waals surface area contributed by atoms with Gasteiger partial charge in [0.15, 0.2) is 17.4 Å². The third-order valence-electron chi connectivity index (χ3n) is 5.71. The van der Waals surface area contributed by atoms with Gasteiger partial charge in [-0.25, -0.2) is 9.97 Å². The van der Waals surface area contributed by atoms with Gasteiger partial charge >= 0.3 is 0 Å². The number of aromatic nitrogens is 6. The molecule has 0 fully saturated rings. The lowest BCUT2D eigenvalue weighted by Gasteiger charge is -2.23. The van der Waals surface area contributed by atoms with Crippen molar-refractivity contribution in [2.24, 2.45) is 0 Å². The minimum absolute atomic E-state index is 0.0497. The first kappa shape index (κ1) is 28.0. The van der Waals surface area contributed by atoms with Crippen molar-refractivity contribution in [2.75, 3.05) is 25.5 Å². The highest BCUT2D eigenvalue weighted by Crippen LogP contribution is 2.38. The molecule has 1 aromatic carbocycles. The van der Waals surface area contributed by atoms with Crippen molar-refractivity contribution in [1.82, 2.24) is 29.7 Å². The molecule has 3 aromatic heterocycles. The minimum Gasteiger partial charge on any atom is -0.494 e. The summed E-state index contributed by atoms with van der Waals surface area (Å²) in [4.78, 5) is 24.9. The number of pyridine rings is 1. The van der Waals surface area contributed by atoms with Gasteiger partial charge in [0, 0.05) is 30.4 Å². The Kier molecular flexibility index (Phi) is 9.10. The molecule has 0 spiro atoms. The maximum Gasteiger partial charge on any atom is 0.239 e. The molecule has 12 heteroatoms. The molecule has 11 nitrogen and oxygen atoms in total. The van der Waals surface area contributed by atoms with Crippen LogP contribution in [-0.2, 0) is 9.53 Å². The van der Waals surface area contributed by atoms with Gasteiger partial charge < -0.3 is 14.2 Å². The molecule has 0 bridgehead atoms. The predicted octanol–water partition coefficient (Wildman–Crippen LogP) is 4.55. The van der Waals surface area contributed by atoms with E-state index >= 15 is 0 Å². The van der Waals surface area contributed by atoms with Gasteiger partial charge in [-0.05, 0) is 69.0 Å². The average molecular weight is 550 g/mol. The summed E-state index contributed by atoms with van der Waals surface area (Å²) in [5, 5.41) is 8.72. The molecular formula is C27H31N7O4S. The molecule has 3 heterocycles. The van der Waals surface area contributed by atoms with Gasteiger partial charge in [-0.1, -0.05) is 6.07 Å². The van der Waals surface area contributed by atoms with Crippen LogP contribution in [0.4, 0.5) is 5.95 Å². The number of ether oxygens (including phenoxy) is 3. The van der Waals surface area contributed by atoms with Crippen LogP contribution in [0.1, 0.15) is 36.9 Å². The van der Waals surface area contributed by atoms with Crippen LogP contribution < -0.4 is 14.2 Å². The standard InChI is InChI=1S/C27H31N7O4S/c1-16-10-20(14-28-11-16)26-31-32-27(34(26)23-21(36-5)8-7-9-22(23)37-6)33-39-19(4)24(38-15-18(3)35)25-29-12-17(2)13-30-25/h7-14,19,24H,15H2,1-6H3,(H,32,33). The van der Waals surface area contributed by atoms with Gasteiger partial charge in [-0.3, -0.25) is 19.1 Å². The van der Waals surface area contributed by atoms with Crippen LogP contribution in [-0.4, -0.2) is 61.6 Å². The Hall–Kier alpha value is -4.03. The van der Waals surface area contributed by atoms with Gasteiger partial charge in [0.05, 0.1) is 19.5 Å². The number of carbonyl (C=O) groups is 1. The Bertz CT molecular complexity index is 1410. The zero-order chi connectivity index (χ0) is 27.9. The highest BCUT2D eigenvalue weighted by molar-refractivity contribution is 8.01. The first-order chi connectivity index (χ1) is 18.8. The van der Waals surface area contributed by atoms with Crippen LogP contribution >= 0.6 is 11.9 Å².